The minimum atomic E-state index is -0.170. The number of nitrogens with one attached hydrogen (secondary N) is 1. The average Bonchev–Trinajstić information content (AvgIpc) is 3.19. The Morgan fingerprint density at radius 1 is 0.852 bits per heavy atom. The molecule has 0 amide bonds. The molecule has 4 heteroatoms. The van der Waals surface area contributed by atoms with E-state index >= 15 is 0 Å². The number of nitrogens with zero attached hydrogens (tertiary/aromatic N) is 1. The lowest BCUT2D eigenvalue weighted by Gasteiger charge is -2.05. The molecule has 4 rings (SSSR count). The van der Waals surface area contributed by atoms with Crippen molar-refractivity contribution in [3.63, 3.8) is 0 Å². The minimum absolute atomic E-state index is 0.170. The summed E-state index contributed by atoms with van der Waals surface area (Å²) < 4.78 is 19.5. The average molecular weight is 358 g/mol. The largest absolute Gasteiger partial charge is 0.486 e. The molecule has 3 aromatic carbocycles. The fourth-order valence-corrected chi connectivity index (χ4v) is 2.91. The van der Waals surface area contributed by atoms with Gasteiger partial charge in [0.2, 0.25) is 0 Å². The summed E-state index contributed by atoms with van der Waals surface area (Å²) in [6.07, 6.45) is 2.44. The molecule has 1 N–H and O–H groups in total. The number of aromatic amines is 1. The fourth-order valence-electron chi connectivity index (χ4n) is 2.91. The number of aromatic nitrogens is 2. The van der Waals surface area contributed by atoms with Gasteiger partial charge in [0.05, 0.1) is 5.69 Å². The molecule has 1 aromatic heterocycles. The standard InChI is InChI=1S/C23H19FN2O/c24-21-9-5-4-6-19(21)14-17-10-12-18(13-11-17)22-15-25-23(26-22)16-27-20-7-2-1-3-8-20/h1-13,15H,14,16H2,(H,25,26). The molecule has 0 aliphatic rings. The van der Waals surface area contributed by atoms with Gasteiger partial charge in [-0.2, -0.15) is 0 Å². The van der Waals surface area contributed by atoms with Gasteiger partial charge in [0.1, 0.15) is 24.0 Å². The van der Waals surface area contributed by atoms with E-state index in [2.05, 4.69) is 9.97 Å². The van der Waals surface area contributed by atoms with Crippen molar-refractivity contribution in [1.82, 2.24) is 9.97 Å². The van der Waals surface area contributed by atoms with E-state index in [9.17, 15) is 4.39 Å². The third-order valence-corrected chi connectivity index (χ3v) is 4.35. The van der Waals surface area contributed by atoms with Gasteiger partial charge in [-0.25, -0.2) is 9.37 Å². The van der Waals surface area contributed by atoms with Gasteiger partial charge in [-0.05, 0) is 29.3 Å². The molecule has 134 valence electrons. The highest BCUT2D eigenvalue weighted by atomic mass is 19.1. The number of benzene rings is 3. The molecule has 0 bridgehead atoms. The van der Waals surface area contributed by atoms with Crippen molar-refractivity contribution in [2.75, 3.05) is 0 Å². The van der Waals surface area contributed by atoms with Crippen LogP contribution >= 0.6 is 0 Å². The summed E-state index contributed by atoms with van der Waals surface area (Å²) in [6, 6.07) is 24.6. The van der Waals surface area contributed by atoms with Crippen LogP contribution < -0.4 is 4.74 Å². The number of hydrogen-bond donors (Lipinski definition) is 1. The van der Waals surface area contributed by atoms with Crippen molar-refractivity contribution < 1.29 is 9.13 Å². The normalized spacial score (nSPS) is 10.7. The molecule has 0 aliphatic carbocycles. The highest BCUT2D eigenvalue weighted by Gasteiger charge is 2.06. The lowest BCUT2D eigenvalue weighted by atomic mass is 10.0. The zero-order valence-electron chi connectivity index (χ0n) is 14.7. The lowest BCUT2D eigenvalue weighted by molar-refractivity contribution is 0.297. The van der Waals surface area contributed by atoms with Gasteiger partial charge in [-0.3, -0.25) is 0 Å². The second kappa shape index (κ2) is 7.87. The Labute approximate surface area is 157 Å². The molecule has 0 spiro atoms. The Bertz CT molecular complexity index is 1010. The molecule has 0 saturated heterocycles. The molecule has 0 aliphatic heterocycles. The van der Waals surface area contributed by atoms with Crippen molar-refractivity contribution in [2.45, 2.75) is 13.0 Å². The Hall–Kier alpha value is -3.40. The van der Waals surface area contributed by atoms with Gasteiger partial charge >= 0.3 is 0 Å². The molecule has 1 heterocycles. The van der Waals surface area contributed by atoms with Crippen LogP contribution in [0.3, 0.4) is 0 Å². The number of H-pyrrole nitrogens is 1. The van der Waals surface area contributed by atoms with Gasteiger partial charge in [0, 0.05) is 18.2 Å². The highest BCUT2D eigenvalue weighted by molar-refractivity contribution is 5.59. The molecule has 27 heavy (non-hydrogen) atoms. The van der Waals surface area contributed by atoms with Crippen LogP contribution in [0.4, 0.5) is 4.39 Å². The van der Waals surface area contributed by atoms with Crippen molar-refractivity contribution in [1.29, 1.82) is 0 Å². The first kappa shape index (κ1) is 17.0. The topological polar surface area (TPSA) is 37.9 Å². The third kappa shape index (κ3) is 4.23. The molecule has 4 aromatic rings. The van der Waals surface area contributed by atoms with E-state index < -0.39 is 0 Å². The predicted octanol–water partition coefficient (Wildman–Crippen LogP) is 5.39. The van der Waals surface area contributed by atoms with Crippen LogP contribution in [0.1, 0.15) is 17.0 Å². The molecular weight excluding hydrogens is 339 g/mol. The van der Waals surface area contributed by atoms with Crippen molar-refractivity contribution in [2.24, 2.45) is 0 Å². The van der Waals surface area contributed by atoms with Crippen LogP contribution in [0.5, 0.6) is 5.75 Å². The summed E-state index contributed by atoms with van der Waals surface area (Å²) >= 11 is 0. The highest BCUT2D eigenvalue weighted by Crippen LogP contribution is 2.20. The third-order valence-electron chi connectivity index (χ3n) is 4.35. The SMILES string of the molecule is Fc1ccccc1Cc1ccc(-c2c[nH]c(COc3ccccc3)n2)cc1. The number of halogens is 1. The summed E-state index contributed by atoms with van der Waals surface area (Å²) in [5, 5.41) is 0. The van der Waals surface area contributed by atoms with Crippen LogP contribution in [-0.2, 0) is 13.0 Å². The summed E-state index contributed by atoms with van der Waals surface area (Å²) in [7, 11) is 0. The zero-order chi connectivity index (χ0) is 18.5. The van der Waals surface area contributed by atoms with Crippen molar-refractivity contribution in [3.8, 4) is 17.0 Å². The number of hydrogen-bond acceptors (Lipinski definition) is 2. The molecular formula is C23H19FN2O. The molecule has 3 nitrogen and oxygen atoms in total. The first-order valence-electron chi connectivity index (χ1n) is 8.83. The van der Waals surface area contributed by atoms with Crippen LogP contribution in [0.15, 0.2) is 85.1 Å². The maximum absolute atomic E-state index is 13.8. The minimum Gasteiger partial charge on any atom is -0.486 e. The van der Waals surface area contributed by atoms with E-state index in [-0.39, 0.29) is 5.82 Å². The van der Waals surface area contributed by atoms with Gasteiger partial charge in [0.15, 0.2) is 0 Å². The molecule has 0 fully saturated rings. The number of para-hydroxylation sites is 1. The van der Waals surface area contributed by atoms with Crippen molar-refractivity contribution in [3.05, 3.63) is 108 Å². The van der Waals surface area contributed by atoms with Gasteiger partial charge in [0.25, 0.3) is 0 Å². The van der Waals surface area contributed by atoms with Crippen LogP contribution in [-0.4, -0.2) is 9.97 Å². The van der Waals surface area contributed by atoms with Crippen molar-refractivity contribution >= 4 is 0 Å². The summed E-state index contributed by atoms with van der Waals surface area (Å²) in [6.45, 7) is 0.384. The van der Waals surface area contributed by atoms with Gasteiger partial charge in [-0.15, -0.1) is 0 Å². The molecule has 0 unspecified atom stereocenters. The monoisotopic (exact) mass is 358 g/mol. The fraction of sp³-hybridized carbons (Fsp3) is 0.0870. The molecule has 0 atom stereocenters. The van der Waals surface area contributed by atoms with E-state index in [1.807, 2.05) is 72.9 Å². The van der Waals surface area contributed by atoms with E-state index in [0.29, 0.717) is 18.6 Å². The number of imidazole rings is 1. The summed E-state index contributed by atoms with van der Waals surface area (Å²) in [5.74, 6) is 1.41. The Morgan fingerprint density at radius 3 is 2.37 bits per heavy atom. The van der Waals surface area contributed by atoms with Crippen LogP contribution in [0.25, 0.3) is 11.3 Å². The first-order valence-corrected chi connectivity index (χ1v) is 8.83. The lowest BCUT2D eigenvalue weighted by Crippen LogP contribution is -1.97. The Balaban J connectivity index is 1.42. The predicted molar refractivity (Wildman–Crippen MR) is 104 cm³/mol. The van der Waals surface area contributed by atoms with Gasteiger partial charge < -0.3 is 9.72 Å². The number of rotatable bonds is 6. The number of ether oxygens (including phenoxy) is 1. The molecule has 0 saturated carbocycles. The first-order chi connectivity index (χ1) is 13.3. The second-order valence-electron chi connectivity index (χ2n) is 6.30. The van der Waals surface area contributed by atoms with Crippen LogP contribution in [0.2, 0.25) is 0 Å². The summed E-state index contributed by atoms with van der Waals surface area (Å²) in [5.41, 5.74) is 3.63. The van der Waals surface area contributed by atoms with Crippen LogP contribution in [0, 0.1) is 5.82 Å². The summed E-state index contributed by atoms with van der Waals surface area (Å²) in [4.78, 5) is 7.73. The van der Waals surface area contributed by atoms with E-state index in [1.54, 1.807) is 6.07 Å². The Morgan fingerprint density at radius 2 is 1.59 bits per heavy atom. The van der Waals surface area contributed by atoms with E-state index in [1.165, 1.54) is 6.07 Å². The quantitative estimate of drug-likeness (QED) is 0.502. The second-order valence-corrected chi connectivity index (χ2v) is 6.30. The molecule has 0 radical (unpaired) electrons. The van der Waals surface area contributed by atoms with E-state index in [4.69, 9.17) is 4.74 Å². The van der Waals surface area contributed by atoms with E-state index in [0.717, 1.165) is 28.4 Å². The Kier molecular flexibility index (Phi) is 4.97. The maximum atomic E-state index is 13.8. The van der Waals surface area contributed by atoms with Gasteiger partial charge in [-0.1, -0.05) is 60.7 Å². The maximum Gasteiger partial charge on any atom is 0.146 e. The smallest absolute Gasteiger partial charge is 0.146 e. The zero-order valence-corrected chi connectivity index (χ0v) is 14.7.